The van der Waals surface area contributed by atoms with Gasteiger partial charge in [-0.25, -0.2) is 4.39 Å². The van der Waals surface area contributed by atoms with Crippen LogP contribution in [0.1, 0.15) is 25.3 Å². The van der Waals surface area contributed by atoms with Crippen LogP contribution < -0.4 is 0 Å². The molecular weight excluding hydrogens is 179 g/mol. The van der Waals surface area contributed by atoms with Crippen LogP contribution in [0.3, 0.4) is 0 Å². The van der Waals surface area contributed by atoms with Crippen molar-refractivity contribution in [1.29, 1.82) is 0 Å². The van der Waals surface area contributed by atoms with E-state index in [1.807, 2.05) is 13.0 Å². The molecule has 1 nitrogen and oxygen atoms in total. The van der Waals surface area contributed by atoms with Gasteiger partial charge in [-0.15, -0.1) is 0 Å². The van der Waals surface area contributed by atoms with Gasteiger partial charge < -0.3 is 4.79 Å². The van der Waals surface area contributed by atoms with E-state index in [1.165, 1.54) is 6.07 Å². The maximum Gasteiger partial charge on any atom is 0.126 e. The van der Waals surface area contributed by atoms with Crippen LogP contribution in [0.5, 0.6) is 0 Å². The second kappa shape index (κ2) is 3.19. The number of carbonyl (C=O) groups is 1. The van der Waals surface area contributed by atoms with Gasteiger partial charge in [-0.2, -0.15) is 0 Å². The molecule has 1 fully saturated rings. The Morgan fingerprint density at radius 2 is 2.29 bits per heavy atom. The summed E-state index contributed by atoms with van der Waals surface area (Å²) in [6.07, 6.45) is 2.58. The van der Waals surface area contributed by atoms with Gasteiger partial charge in [-0.3, -0.25) is 0 Å². The molecule has 2 atom stereocenters. The molecule has 0 bridgehead atoms. The molecule has 74 valence electrons. The number of hydrogen-bond acceptors (Lipinski definition) is 1. The van der Waals surface area contributed by atoms with Crippen LogP contribution in [-0.4, -0.2) is 6.29 Å². The molecule has 14 heavy (non-hydrogen) atoms. The summed E-state index contributed by atoms with van der Waals surface area (Å²) in [5.41, 5.74) is 0.507. The molecule has 0 amide bonds. The normalized spacial score (nSPS) is 30.0. The van der Waals surface area contributed by atoms with Crippen molar-refractivity contribution < 1.29 is 9.18 Å². The molecule has 1 saturated carbocycles. The molecule has 1 aromatic rings. The van der Waals surface area contributed by atoms with Gasteiger partial charge in [-0.1, -0.05) is 25.1 Å². The highest BCUT2D eigenvalue weighted by atomic mass is 19.1. The fourth-order valence-electron chi connectivity index (χ4n) is 2.28. The molecule has 2 unspecified atom stereocenters. The minimum absolute atomic E-state index is 0.0180. The number of benzene rings is 1. The lowest BCUT2D eigenvalue weighted by molar-refractivity contribution is -0.109. The predicted molar refractivity (Wildman–Crippen MR) is 52.5 cm³/mol. The molecule has 1 aromatic carbocycles. The first-order valence-corrected chi connectivity index (χ1v) is 4.95. The van der Waals surface area contributed by atoms with E-state index in [2.05, 4.69) is 0 Å². The van der Waals surface area contributed by atoms with E-state index in [0.29, 0.717) is 5.56 Å². The molecule has 0 aliphatic heterocycles. The maximum absolute atomic E-state index is 13.5. The quantitative estimate of drug-likeness (QED) is 0.673. The molecule has 0 aromatic heterocycles. The van der Waals surface area contributed by atoms with Crippen molar-refractivity contribution in [2.24, 2.45) is 5.92 Å². The lowest BCUT2D eigenvalue weighted by Crippen LogP contribution is -2.11. The summed E-state index contributed by atoms with van der Waals surface area (Å²) in [7, 11) is 0. The summed E-state index contributed by atoms with van der Waals surface area (Å²) < 4.78 is 13.5. The number of rotatable bonds is 3. The number of carbonyl (C=O) groups excluding carboxylic acids is 1. The minimum atomic E-state index is -0.201. The fraction of sp³-hybridized carbons (Fsp3) is 0.417. The van der Waals surface area contributed by atoms with Crippen molar-refractivity contribution in [1.82, 2.24) is 0 Å². The SMILES string of the molecule is CCC1(c2ccccc2F)CC1C=O. The average Bonchev–Trinajstić information content (AvgIpc) is 2.93. The van der Waals surface area contributed by atoms with Crippen molar-refractivity contribution in [2.45, 2.75) is 25.2 Å². The summed E-state index contributed by atoms with van der Waals surface area (Å²) in [6, 6.07) is 6.77. The molecule has 2 heteroatoms. The second-order valence-electron chi connectivity index (χ2n) is 3.94. The minimum Gasteiger partial charge on any atom is -0.303 e. The smallest absolute Gasteiger partial charge is 0.126 e. The molecular formula is C12H13FO. The molecule has 0 radical (unpaired) electrons. The van der Waals surface area contributed by atoms with E-state index in [-0.39, 0.29) is 17.2 Å². The van der Waals surface area contributed by atoms with E-state index in [9.17, 15) is 9.18 Å². The van der Waals surface area contributed by atoms with Gasteiger partial charge in [0.15, 0.2) is 0 Å². The first kappa shape index (κ1) is 9.38. The summed E-state index contributed by atoms with van der Waals surface area (Å²) in [5.74, 6) is -0.164. The first-order valence-electron chi connectivity index (χ1n) is 4.95. The van der Waals surface area contributed by atoms with Gasteiger partial charge in [-0.05, 0) is 24.5 Å². The zero-order valence-corrected chi connectivity index (χ0v) is 8.16. The third kappa shape index (κ3) is 1.17. The van der Waals surface area contributed by atoms with E-state index < -0.39 is 0 Å². The van der Waals surface area contributed by atoms with Gasteiger partial charge in [0, 0.05) is 11.3 Å². The average molecular weight is 192 g/mol. The van der Waals surface area contributed by atoms with Crippen LogP contribution >= 0.6 is 0 Å². The van der Waals surface area contributed by atoms with Crippen molar-refractivity contribution in [2.75, 3.05) is 0 Å². The van der Waals surface area contributed by atoms with Crippen LogP contribution in [0.2, 0.25) is 0 Å². The van der Waals surface area contributed by atoms with Crippen LogP contribution in [0, 0.1) is 11.7 Å². The van der Waals surface area contributed by atoms with Gasteiger partial charge in [0.25, 0.3) is 0 Å². The Balaban J connectivity index is 2.40. The monoisotopic (exact) mass is 192 g/mol. The summed E-state index contributed by atoms with van der Waals surface area (Å²) in [6.45, 7) is 2.01. The number of aldehydes is 1. The summed E-state index contributed by atoms with van der Waals surface area (Å²) in [4.78, 5) is 10.7. The Hall–Kier alpha value is -1.18. The topological polar surface area (TPSA) is 17.1 Å². The van der Waals surface area contributed by atoms with Gasteiger partial charge in [0.1, 0.15) is 12.1 Å². The zero-order valence-electron chi connectivity index (χ0n) is 8.16. The Bertz CT molecular complexity index is 361. The Morgan fingerprint density at radius 3 is 2.79 bits per heavy atom. The van der Waals surface area contributed by atoms with Crippen LogP contribution in [-0.2, 0) is 10.2 Å². The second-order valence-corrected chi connectivity index (χ2v) is 3.94. The van der Waals surface area contributed by atoms with Crippen molar-refractivity contribution in [3.63, 3.8) is 0 Å². The van der Waals surface area contributed by atoms with Crippen molar-refractivity contribution in [3.05, 3.63) is 35.6 Å². The highest BCUT2D eigenvalue weighted by Crippen LogP contribution is 2.56. The molecule has 1 aliphatic carbocycles. The third-order valence-electron chi connectivity index (χ3n) is 3.34. The zero-order chi connectivity index (χ0) is 10.2. The standard InChI is InChI=1S/C12H13FO/c1-2-12(7-9(12)8-14)10-5-3-4-6-11(10)13/h3-6,8-9H,2,7H2,1H3. The molecule has 0 N–H and O–H groups in total. The van der Waals surface area contributed by atoms with Crippen molar-refractivity contribution >= 4 is 6.29 Å². The van der Waals surface area contributed by atoms with Crippen LogP contribution in [0.15, 0.2) is 24.3 Å². The Morgan fingerprint density at radius 1 is 1.57 bits per heavy atom. The maximum atomic E-state index is 13.5. The Labute approximate surface area is 82.9 Å². The van der Waals surface area contributed by atoms with Gasteiger partial charge in [0.05, 0.1) is 0 Å². The highest BCUT2D eigenvalue weighted by Gasteiger charge is 2.54. The first-order chi connectivity index (χ1) is 6.74. The van der Waals surface area contributed by atoms with E-state index in [1.54, 1.807) is 12.1 Å². The van der Waals surface area contributed by atoms with Crippen LogP contribution in [0.4, 0.5) is 4.39 Å². The lowest BCUT2D eigenvalue weighted by Gasteiger charge is -2.14. The molecule has 0 heterocycles. The molecule has 0 saturated heterocycles. The van der Waals surface area contributed by atoms with Gasteiger partial charge in [0.2, 0.25) is 0 Å². The highest BCUT2D eigenvalue weighted by molar-refractivity contribution is 5.64. The Kier molecular flexibility index (Phi) is 2.14. The predicted octanol–water partition coefficient (Wildman–Crippen LogP) is 2.69. The van der Waals surface area contributed by atoms with Crippen molar-refractivity contribution in [3.8, 4) is 0 Å². The number of hydrogen-bond donors (Lipinski definition) is 0. The fourth-order valence-corrected chi connectivity index (χ4v) is 2.28. The third-order valence-corrected chi connectivity index (χ3v) is 3.34. The lowest BCUT2D eigenvalue weighted by atomic mass is 9.90. The van der Waals surface area contributed by atoms with Gasteiger partial charge >= 0.3 is 0 Å². The molecule has 1 aliphatic rings. The van der Waals surface area contributed by atoms with E-state index in [4.69, 9.17) is 0 Å². The van der Waals surface area contributed by atoms with E-state index >= 15 is 0 Å². The summed E-state index contributed by atoms with van der Waals surface area (Å²) in [5, 5.41) is 0. The van der Waals surface area contributed by atoms with Crippen LogP contribution in [0.25, 0.3) is 0 Å². The summed E-state index contributed by atoms with van der Waals surface area (Å²) >= 11 is 0. The van der Waals surface area contributed by atoms with E-state index in [0.717, 1.165) is 19.1 Å². The molecule has 2 rings (SSSR count). The molecule has 0 spiro atoms. The largest absolute Gasteiger partial charge is 0.303 e. The number of halogens is 1.